The number of likely N-dealkylation sites (tertiary alicyclic amines) is 1. The molecule has 1 fully saturated rings. The van der Waals surface area contributed by atoms with Crippen molar-refractivity contribution in [2.24, 2.45) is 5.92 Å². The van der Waals surface area contributed by atoms with E-state index in [0.29, 0.717) is 5.92 Å². The van der Waals surface area contributed by atoms with Crippen molar-refractivity contribution in [2.75, 3.05) is 43.5 Å². The maximum atomic E-state index is 12.5. The lowest BCUT2D eigenvalue weighted by molar-refractivity contribution is -0.132. The predicted octanol–water partition coefficient (Wildman–Crippen LogP) is 1.71. The standard InChI is InChI=1S/C17H23N3O3/c1-12-5-7-19(8-6-12)17(22)11-20-15-4-3-13(23-2)9-14(15)18-10-16(20)21/h3-4,9,12,18H,5-8,10-11H2,1-2H3. The van der Waals surface area contributed by atoms with Crippen molar-refractivity contribution in [3.63, 3.8) is 0 Å². The van der Waals surface area contributed by atoms with E-state index in [4.69, 9.17) is 4.74 Å². The molecule has 0 spiro atoms. The van der Waals surface area contributed by atoms with E-state index in [1.165, 1.54) is 0 Å². The first kappa shape index (κ1) is 15.6. The highest BCUT2D eigenvalue weighted by Gasteiger charge is 2.29. The van der Waals surface area contributed by atoms with Crippen LogP contribution in [-0.4, -0.2) is 50.0 Å². The largest absolute Gasteiger partial charge is 0.497 e. The van der Waals surface area contributed by atoms with Crippen LogP contribution in [0.1, 0.15) is 19.8 Å². The van der Waals surface area contributed by atoms with Crippen LogP contribution in [0.3, 0.4) is 0 Å². The Bertz CT molecular complexity index is 609. The third-order valence-corrected chi connectivity index (χ3v) is 4.66. The number of carbonyl (C=O) groups excluding carboxylic acids is 2. The Morgan fingerprint density at radius 2 is 2.09 bits per heavy atom. The normalized spacial score (nSPS) is 18.4. The van der Waals surface area contributed by atoms with E-state index in [0.717, 1.165) is 43.1 Å². The maximum absolute atomic E-state index is 12.5. The van der Waals surface area contributed by atoms with Gasteiger partial charge in [0, 0.05) is 19.2 Å². The highest BCUT2D eigenvalue weighted by molar-refractivity contribution is 6.06. The summed E-state index contributed by atoms with van der Waals surface area (Å²) < 4.78 is 5.21. The maximum Gasteiger partial charge on any atom is 0.246 e. The van der Waals surface area contributed by atoms with Crippen molar-refractivity contribution < 1.29 is 14.3 Å². The molecule has 0 bridgehead atoms. The van der Waals surface area contributed by atoms with Gasteiger partial charge in [0.05, 0.1) is 25.0 Å². The topological polar surface area (TPSA) is 61.9 Å². The summed E-state index contributed by atoms with van der Waals surface area (Å²) in [6, 6.07) is 5.48. The van der Waals surface area contributed by atoms with E-state index in [2.05, 4.69) is 12.2 Å². The van der Waals surface area contributed by atoms with Crippen LogP contribution in [0.4, 0.5) is 11.4 Å². The van der Waals surface area contributed by atoms with Gasteiger partial charge in [0.15, 0.2) is 0 Å². The molecular weight excluding hydrogens is 294 g/mol. The smallest absolute Gasteiger partial charge is 0.246 e. The number of anilines is 2. The van der Waals surface area contributed by atoms with Gasteiger partial charge in [-0.25, -0.2) is 0 Å². The second-order valence-electron chi connectivity index (χ2n) is 6.28. The van der Waals surface area contributed by atoms with Crippen LogP contribution in [0, 0.1) is 5.92 Å². The zero-order chi connectivity index (χ0) is 16.4. The van der Waals surface area contributed by atoms with Crippen molar-refractivity contribution in [3.05, 3.63) is 18.2 Å². The molecule has 0 radical (unpaired) electrons. The molecule has 2 heterocycles. The number of fused-ring (bicyclic) bond motifs is 1. The summed E-state index contributed by atoms with van der Waals surface area (Å²) in [5, 5.41) is 3.08. The van der Waals surface area contributed by atoms with Gasteiger partial charge in [-0.2, -0.15) is 0 Å². The van der Waals surface area contributed by atoms with Crippen molar-refractivity contribution in [3.8, 4) is 5.75 Å². The zero-order valence-corrected chi connectivity index (χ0v) is 13.7. The molecule has 0 atom stereocenters. The average molecular weight is 317 g/mol. The van der Waals surface area contributed by atoms with Gasteiger partial charge in [0.1, 0.15) is 12.3 Å². The Hall–Kier alpha value is -2.24. The number of benzene rings is 1. The van der Waals surface area contributed by atoms with Gasteiger partial charge in [-0.15, -0.1) is 0 Å². The van der Waals surface area contributed by atoms with Crippen LogP contribution in [0.2, 0.25) is 0 Å². The molecule has 1 saturated heterocycles. The number of hydrogen-bond acceptors (Lipinski definition) is 4. The molecule has 1 N–H and O–H groups in total. The number of piperidine rings is 1. The highest BCUT2D eigenvalue weighted by Crippen LogP contribution is 2.33. The summed E-state index contributed by atoms with van der Waals surface area (Å²) in [6.45, 7) is 4.09. The number of carbonyl (C=O) groups is 2. The first-order chi connectivity index (χ1) is 11.1. The fourth-order valence-corrected chi connectivity index (χ4v) is 3.09. The van der Waals surface area contributed by atoms with E-state index >= 15 is 0 Å². The second kappa shape index (κ2) is 6.48. The zero-order valence-electron chi connectivity index (χ0n) is 13.7. The SMILES string of the molecule is COc1ccc2c(c1)NCC(=O)N2CC(=O)N1CCC(C)CC1. The quantitative estimate of drug-likeness (QED) is 0.922. The minimum atomic E-state index is -0.0820. The summed E-state index contributed by atoms with van der Waals surface area (Å²) in [5.74, 6) is 1.34. The summed E-state index contributed by atoms with van der Waals surface area (Å²) in [4.78, 5) is 28.2. The van der Waals surface area contributed by atoms with Gasteiger partial charge in [0.25, 0.3) is 0 Å². The number of methoxy groups -OCH3 is 1. The fourth-order valence-electron chi connectivity index (χ4n) is 3.09. The Morgan fingerprint density at radius 3 is 2.78 bits per heavy atom. The molecular formula is C17H23N3O3. The van der Waals surface area contributed by atoms with Crippen molar-refractivity contribution in [1.29, 1.82) is 0 Å². The van der Waals surface area contributed by atoms with Crippen molar-refractivity contribution in [1.82, 2.24) is 4.90 Å². The molecule has 1 aromatic rings. The van der Waals surface area contributed by atoms with Gasteiger partial charge >= 0.3 is 0 Å². The second-order valence-corrected chi connectivity index (χ2v) is 6.28. The van der Waals surface area contributed by atoms with Gasteiger partial charge < -0.3 is 15.0 Å². The molecule has 23 heavy (non-hydrogen) atoms. The van der Waals surface area contributed by atoms with Crippen LogP contribution in [-0.2, 0) is 9.59 Å². The first-order valence-electron chi connectivity index (χ1n) is 8.08. The molecule has 2 amide bonds. The van der Waals surface area contributed by atoms with Gasteiger partial charge in [-0.3, -0.25) is 14.5 Å². The van der Waals surface area contributed by atoms with Crippen molar-refractivity contribution >= 4 is 23.2 Å². The van der Waals surface area contributed by atoms with Crippen LogP contribution >= 0.6 is 0 Å². The minimum absolute atomic E-state index is 0.0221. The number of nitrogens with one attached hydrogen (secondary N) is 1. The Balaban J connectivity index is 1.75. The van der Waals surface area contributed by atoms with E-state index < -0.39 is 0 Å². The number of rotatable bonds is 3. The summed E-state index contributed by atoms with van der Waals surface area (Å²) in [6.07, 6.45) is 2.07. The summed E-state index contributed by atoms with van der Waals surface area (Å²) >= 11 is 0. The predicted molar refractivity (Wildman–Crippen MR) is 88.8 cm³/mol. The molecule has 6 nitrogen and oxygen atoms in total. The Kier molecular flexibility index (Phi) is 4.41. The van der Waals surface area contributed by atoms with E-state index in [9.17, 15) is 9.59 Å². The third-order valence-electron chi connectivity index (χ3n) is 4.66. The minimum Gasteiger partial charge on any atom is -0.497 e. The number of nitrogens with zero attached hydrogens (tertiary/aromatic N) is 2. The fraction of sp³-hybridized carbons (Fsp3) is 0.529. The molecule has 3 rings (SSSR count). The lowest BCUT2D eigenvalue weighted by Crippen LogP contribution is -2.48. The summed E-state index contributed by atoms with van der Waals surface area (Å²) in [5.41, 5.74) is 1.56. The number of hydrogen-bond donors (Lipinski definition) is 1. The molecule has 2 aliphatic heterocycles. The van der Waals surface area contributed by atoms with Gasteiger partial charge in [-0.05, 0) is 30.9 Å². The van der Waals surface area contributed by atoms with Crippen molar-refractivity contribution in [2.45, 2.75) is 19.8 Å². The Labute approximate surface area is 136 Å². The average Bonchev–Trinajstić information content (AvgIpc) is 2.57. The molecule has 0 saturated carbocycles. The van der Waals surface area contributed by atoms with E-state index in [-0.39, 0.29) is 24.9 Å². The molecule has 0 aromatic heterocycles. The lowest BCUT2D eigenvalue weighted by atomic mass is 9.99. The molecule has 6 heteroatoms. The van der Waals surface area contributed by atoms with Crippen LogP contribution in [0.25, 0.3) is 0 Å². The molecule has 124 valence electrons. The van der Waals surface area contributed by atoms with Crippen LogP contribution in [0.15, 0.2) is 18.2 Å². The molecule has 2 aliphatic rings. The lowest BCUT2D eigenvalue weighted by Gasteiger charge is -2.34. The molecule has 0 aliphatic carbocycles. The number of ether oxygens (including phenoxy) is 1. The third kappa shape index (κ3) is 3.25. The van der Waals surface area contributed by atoms with Crippen LogP contribution in [0.5, 0.6) is 5.75 Å². The van der Waals surface area contributed by atoms with E-state index in [1.54, 1.807) is 18.1 Å². The molecule has 1 aromatic carbocycles. The van der Waals surface area contributed by atoms with E-state index in [1.807, 2.05) is 17.0 Å². The first-order valence-corrected chi connectivity index (χ1v) is 8.08. The summed E-state index contributed by atoms with van der Waals surface area (Å²) in [7, 11) is 1.61. The highest BCUT2D eigenvalue weighted by atomic mass is 16.5. The van der Waals surface area contributed by atoms with Gasteiger partial charge in [0.2, 0.25) is 11.8 Å². The Morgan fingerprint density at radius 1 is 1.35 bits per heavy atom. The van der Waals surface area contributed by atoms with Crippen LogP contribution < -0.4 is 15.0 Å². The number of amides is 2. The van der Waals surface area contributed by atoms with Gasteiger partial charge in [-0.1, -0.05) is 6.92 Å². The monoisotopic (exact) mass is 317 g/mol. The molecule has 0 unspecified atom stereocenters.